The Balaban J connectivity index is 2.36. The highest BCUT2D eigenvalue weighted by Gasteiger charge is 2.34. The molecule has 1 aromatic carbocycles. The van der Waals surface area contributed by atoms with Gasteiger partial charge in [0, 0.05) is 25.2 Å². The molecule has 0 radical (unpaired) electrons. The van der Waals surface area contributed by atoms with Gasteiger partial charge in [-0.15, -0.1) is 0 Å². The van der Waals surface area contributed by atoms with Crippen LogP contribution in [0.3, 0.4) is 0 Å². The van der Waals surface area contributed by atoms with Crippen LogP contribution in [-0.4, -0.2) is 45.4 Å². The van der Waals surface area contributed by atoms with Crippen LogP contribution < -0.4 is 10.1 Å². The summed E-state index contributed by atoms with van der Waals surface area (Å²) in [6.07, 6.45) is 1.01. The van der Waals surface area contributed by atoms with E-state index in [1.807, 2.05) is 13.8 Å². The molecule has 1 saturated heterocycles. The molecule has 1 N–H and O–H groups in total. The number of rotatable bonds is 6. The topological polar surface area (TPSA) is 75.7 Å². The van der Waals surface area contributed by atoms with Crippen molar-refractivity contribution in [2.24, 2.45) is 17.8 Å². The lowest BCUT2D eigenvalue weighted by Gasteiger charge is -2.34. The average molecular weight is 383 g/mol. The number of carbonyl (C=O) groups excluding carboxylic acids is 1. The Labute approximate surface area is 157 Å². The molecule has 2 unspecified atom stereocenters. The van der Waals surface area contributed by atoms with Gasteiger partial charge < -0.3 is 10.1 Å². The number of carbonyl (C=O) groups is 1. The van der Waals surface area contributed by atoms with Crippen molar-refractivity contribution in [1.82, 2.24) is 9.62 Å². The Morgan fingerprint density at radius 3 is 2.42 bits per heavy atom. The molecule has 0 saturated carbocycles. The van der Waals surface area contributed by atoms with Gasteiger partial charge in [-0.05, 0) is 42.4 Å². The summed E-state index contributed by atoms with van der Waals surface area (Å²) in [6.45, 7) is 9.63. The molecule has 0 aromatic heterocycles. The van der Waals surface area contributed by atoms with Crippen molar-refractivity contribution in [2.75, 3.05) is 26.7 Å². The van der Waals surface area contributed by atoms with E-state index in [-0.39, 0.29) is 16.6 Å². The van der Waals surface area contributed by atoms with Gasteiger partial charge in [-0.2, -0.15) is 4.31 Å². The van der Waals surface area contributed by atoms with Crippen LogP contribution in [0.1, 0.15) is 44.5 Å². The van der Waals surface area contributed by atoms with Crippen LogP contribution in [-0.2, 0) is 10.0 Å². The van der Waals surface area contributed by atoms with Gasteiger partial charge in [-0.3, -0.25) is 4.79 Å². The lowest BCUT2D eigenvalue weighted by Crippen LogP contribution is -2.42. The van der Waals surface area contributed by atoms with Gasteiger partial charge in [0.2, 0.25) is 10.0 Å². The Bertz CT molecular complexity index is 736. The molecule has 1 fully saturated rings. The predicted molar refractivity (Wildman–Crippen MR) is 102 cm³/mol. The van der Waals surface area contributed by atoms with Crippen molar-refractivity contribution in [2.45, 2.75) is 39.0 Å². The van der Waals surface area contributed by atoms with Crippen LogP contribution in [0, 0.1) is 17.8 Å². The molecule has 0 bridgehead atoms. The summed E-state index contributed by atoms with van der Waals surface area (Å²) >= 11 is 0. The maximum atomic E-state index is 13.2. The molecule has 2 atom stereocenters. The number of ether oxygens (including phenoxy) is 1. The van der Waals surface area contributed by atoms with Crippen LogP contribution >= 0.6 is 0 Å². The van der Waals surface area contributed by atoms with Crippen molar-refractivity contribution >= 4 is 15.9 Å². The number of nitrogens with zero attached hydrogens (tertiary/aromatic N) is 1. The highest BCUT2D eigenvalue weighted by atomic mass is 32.2. The molecular weight excluding hydrogens is 352 g/mol. The van der Waals surface area contributed by atoms with E-state index in [9.17, 15) is 13.2 Å². The van der Waals surface area contributed by atoms with Gasteiger partial charge in [0.05, 0.1) is 7.11 Å². The number of benzene rings is 1. The lowest BCUT2D eigenvalue weighted by atomic mass is 9.94. The van der Waals surface area contributed by atoms with Crippen LogP contribution in [0.15, 0.2) is 23.1 Å². The summed E-state index contributed by atoms with van der Waals surface area (Å²) in [5.41, 5.74) is 0.322. The van der Waals surface area contributed by atoms with E-state index >= 15 is 0 Å². The maximum absolute atomic E-state index is 13.2. The second-order valence-electron chi connectivity index (χ2n) is 7.74. The smallest absolute Gasteiger partial charge is 0.251 e. The van der Waals surface area contributed by atoms with E-state index in [1.165, 1.54) is 17.5 Å². The van der Waals surface area contributed by atoms with E-state index in [0.29, 0.717) is 43.0 Å². The largest absolute Gasteiger partial charge is 0.495 e. The summed E-state index contributed by atoms with van der Waals surface area (Å²) in [6, 6.07) is 4.57. The zero-order chi connectivity index (χ0) is 19.5. The fraction of sp³-hybridized carbons (Fsp3) is 0.632. The minimum absolute atomic E-state index is 0.0542. The van der Waals surface area contributed by atoms with E-state index in [1.54, 1.807) is 12.1 Å². The molecule has 1 aromatic rings. The van der Waals surface area contributed by atoms with E-state index in [4.69, 9.17) is 4.74 Å². The van der Waals surface area contributed by atoms with Crippen molar-refractivity contribution in [3.8, 4) is 5.75 Å². The standard InChI is InChI=1S/C19H30N2O4S/c1-13(2)10-20-19(22)16-6-7-17(25-5)18(9-16)26(23,24)21-11-14(3)8-15(4)12-21/h6-7,9,13-15H,8,10-12H2,1-5H3,(H,20,22). The Hall–Kier alpha value is -1.60. The van der Waals surface area contributed by atoms with Crippen molar-refractivity contribution in [3.63, 3.8) is 0 Å². The Morgan fingerprint density at radius 1 is 1.27 bits per heavy atom. The number of nitrogens with one attached hydrogen (secondary N) is 1. The second-order valence-corrected chi connectivity index (χ2v) is 9.64. The number of piperidine rings is 1. The first-order chi connectivity index (χ1) is 12.1. The van der Waals surface area contributed by atoms with Gasteiger partial charge in [-0.1, -0.05) is 27.7 Å². The van der Waals surface area contributed by atoms with Gasteiger partial charge in [0.1, 0.15) is 10.6 Å². The van der Waals surface area contributed by atoms with Crippen molar-refractivity contribution in [3.05, 3.63) is 23.8 Å². The first kappa shape index (κ1) is 20.7. The highest BCUT2D eigenvalue weighted by Crippen LogP contribution is 2.32. The minimum atomic E-state index is -3.73. The lowest BCUT2D eigenvalue weighted by molar-refractivity contribution is 0.0948. The molecule has 0 aliphatic carbocycles. The molecule has 0 spiro atoms. The van der Waals surface area contributed by atoms with E-state index in [0.717, 1.165) is 6.42 Å². The molecule has 7 heteroatoms. The molecular formula is C19H30N2O4S. The molecule has 6 nitrogen and oxygen atoms in total. The Kier molecular flexibility index (Phi) is 6.69. The van der Waals surface area contributed by atoms with Crippen molar-refractivity contribution in [1.29, 1.82) is 0 Å². The number of methoxy groups -OCH3 is 1. The predicted octanol–water partition coefficient (Wildman–Crippen LogP) is 2.75. The zero-order valence-electron chi connectivity index (χ0n) is 16.3. The molecule has 2 rings (SSSR count). The van der Waals surface area contributed by atoms with Gasteiger partial charge in [-0.25, -0.2) is 8.42 Å². The molecule has 1 amide bonds. The fourth-order valence-corrected chi connectivity index (χ4v) is 5.22. The van der Waals surface area contributed by atoms with Crippen LogP contribution in [0.25, 0.3) is 0 Å². The normalized spacial score (nSPS) is 21.6. The number of hydrogen-bond acceptors (Lipinski definition) is 4. The number of sulfonamides is 1. The number of amides is 1. The summed E-state index contributed by atoms with van der Waals surface area (Å²) in [7, 11) is -2.29. The molecule has 26 heavy (non-hydrogen) atoms. The summed E-state index contributed by atoms with van der Waals surface area (Å²) in [4.78, 5) is 12.4. The quantitative estimate of drug-likeness (QED) is 0.821. The first-order valence-electron chi connectivity index (χ1n) is 9.11. The van der Waals surface area contributed by atoms with Gasteiger partial charge in [0.25, 0.3) is 5.91 Å². The van der Waals surface area contributed by atoms with Crippen molar-refractivity contribution < 1.29 is 17.9 Å². The average Bonchev–Trinajstić information content (AvgIpc) is 2.58. The second kappa shape index (κ2) is 8.39. The third-order valence-corrected chi connectivity index (χ3v) is 6.40. The number of hydrogen-bond donors (Lipinski definition) is 1. The highest BCUT2D eigenvalue weighted by molar-refractivity contribution is 7.89. The molecule has 1 aliphatic rings. The third kappa shape index (κ3) is 4.76. The van der Waals surface area contributed by atoms with Crippen LogP contribution in [0.5, 0.6) is 5.75 Å². The van der Waals surface area contributed by atoms with Crippen LogP contribution in [0.4, 0.5) is 0 Å². The fourth-order valence-electron chi connectivity index (χ4n) is 3.36. The molecule has 1 heterocycles. The summed E-state index contributed by atoms with van der Waals surface area (Å²) in [5.74, 6) is 0.903. The first-order valence-corrected chi connectivity index (χ1v) is 10.6. The molecule has 1 aliphatic heterocycles. The summed E-state index contributed by atoms with van der Waals surface area (Å²) in [5, 5.41) is 2.82. The van der Waals surface area contributed by atoms with E-state index in [2.05, 4.69) is 19.2 Å². The zero-order valence-corrected chi connectivity index (χ0v) is 17.1. The van der Waals surface area contributed by atoms with Crippen LogP contribution in [0.2, 0.25) is 0 Å². The summed E-state index contributed by atoms with van der Waals surface area (Å²) < 4.78 is 33.2. The maximum Gasteiger partial charge on any atom is 0.251 e. The van der Waals surface area contributed by atoms with Gasteiger partial charge >= 0.3 is 0 Å². The van der Waals surface area contributed by atoms with E-state index < -0.39 is 10.0 Å². The Morgan fingerprint density at radius 2 is 1.88 bits per heavy atom. The minimum Gasteiger partial charge on any atom is -0.495 e. The third-order valence-electron chi connectivity index (χ3n) is 4.55. The SMILES string of the molecule is COc1ccc(C(=O)NCC(C)C)cc1S(=O)(=O)N1CC(C)CC(C)C1. The van der Waals surface area contributed by atoms with Gasteiger partial charge in [0.15, 0.2) is 0 Å². The monoisotopic (exact) mass is 382 g/mol. The molecule has 146 valence electrons.